The zero-order valence-electron chi connectivity index (χ0n) is 33.0. The second kappa shape index (κ2) is 15.2. The molecule has 1 saturated heterocycles. The van der Waals surface area contributed by atoms with Gasteiger partial charge in [0.25, 0.3) is 5.91 Å². The van der Waals surface area contributed by atoms with Crippen molar-refractivity contribution in [3.8, 4) is 0 Å². The molecule has 0 radical (unpaired) electrons. The van der Waals surface area contributed by atoms with Crippen LogP contribution in [-0.4, -0.2) is 127 Å². The molecule has 13 atom stereocenters. The second-order valence-electron chi connectivity index (χ2n) is 16.9. The summed E-state index contributed by atoms with van der Waals surface area (Å²) in [5.74, 6) is -5.76. The lowest BCUT2D eigenvalue weighted by molar-refractivity contribution is -0.370. The van der Waals surface area contributed by atoms with Crippen molar-refractivity contribution in [3.63, 3.8) is 0 Å². The second-order valence-corrected chi connectivity index (χ2v) is 16.9. The van der Waals surface area contributed by atoms with E-state index in [1.165, 1.54) is 39.8 Å². The number of hydrogen-bond acceptors (Lipinski definition) is 14. The van der Waals surface area contributed by atoms with Crippen LogP contribution in [-0.2, 0) is 28.5 Å². The summed E-state index contributed by atoms with van der Waals surface area (Å²) in [5, 5.41) is 76.5. The van der Waals surface area contributed by atoms with Crippen molar-refractivity contribution in [2.45, 2.75) is 121 Å². The van der Waals surface area contributed by atoms with Gasteiger partial charge in [0.05, 0.1) is 36.3 Å². The maximum absolute atomic E-state index is 14.1. The third kappa shape index (κ3) is 6.57. The maximum Gasteiger partial charge on any atom is 0.338 e. The van der Waals surface area contributed by atoms with E-state index in [1.54, 1.807) is 62.4 Å². The van der Waals surface area contributed by atoms with Crippen molar-refractivity contribution in [2.75, 3.05) is 6.61 Å². The van der Waals surface area contributed by atoms with E-state index < -0.39 is 113 Å². The van der Waals surface area contributed by atoms with Gasteiger partial charge in [0.1, 0.15) is 30.0 Å². The van der Waals surface area contributed by atoms with Gasteiger partial charge >= 0.3 is 17.9 Å². The largest absolute Gasteiger partial charge is 0.455 e. The summed E-state index contributed by atoms with van der Waals surface area (Å²) in [4.78, 5) is 54.0. The fraction of sp³-hybridized carbons (Fsp3) is 0.571. The highest BCUT2D eigenvalue weighted by molar-refractivity contribution is 5.94. The number of benzene rings is 2. The molecule has 15 heteroatoms. The van der Waals surface area contributed by atoms with Crippen LogP contribution in [0.25, 0.3) is 0 Å². The molecule has 3 aliphatic carbocycles. The lowest BCUT2D eigenvalue weighted by atomic mass is 9.44. The monoisotopic (exact) mass is 795 g/mol. The van der Waals surface area contributed by atoms with E-state index in [0.29, 0.717) is 0 Å². The van der Waals surface area contributed by atoms with Gasteiger partial charge in [-0.25, -0.2) is 9.59 Å². The summed E-state index contributed by atoms with van der Waals surface area (Å²) in [6.45, 7) is 9.87. The van der Waals surface area contributed by atoms with Crippen LogP contribution in [0.15, 0.2) is 71.8 Å². The summed E-state index contributed by atoms with van der Waals surface area (Å²) in [5.41, 5.74) is -8.09. The number of nitrogens with one attached hydrogen (secondary N) is 1. The number of aliphatic hydroxyl groups excluding tert-OH is 5. The molecule has 57 heavy (non-hydrogen) atoms. The number of amides is 1. The van der Waals surface area contributed by atoms with Crippen LogP contribution >= 0.6 is 0 Å². The summed E-state index contributed by atoms with van der Waals surface area (Å²) < 4.78 is 23.9. The first-order valence-corrected chi connectivity index (χ1v) is 19.1. The van der Waals surface area contributed by atoms with Crippen molar-refractivity contribution in [1.29, 1.82) is 0 Å². The van der Waals surface area contributed by atoms with E-state index >= 15 is 0 Å². The molecule has 1 unspecified atom stereocenters. The van der Waals surface area contributed by atoms with Crippen LogP contribution in [0.4, 0.5) is 0 Å². The molecule has 1 aliphatic heterocycles. The van der Waals surface area contributed by atoms with Gasteiger partial charge in [-0.3, -0.25) is 9.59 Å². The first kappa shape index (κ1) is 42.4. The van der Waals surface area contributed by atoms with Crippen molar-refractivity contribution in [1.82, 2.24) is 5.32 Å². The maximum atomic E-state index is 14.1. The molecule has 2 aromatic carbocycles. The van der Waals surface area contributed by atoms with Gasteiger partial charge in [-0.15, -0.1) is 0 Å². The highest BCUT2D eigenvalue weighted by atomic mass is 16.6. The lowest BCUT2D eigenvalue weighted by Gasteiger charge is -2.69. The number of carbonyl (C=O) groups excluding carboxylic acids is 4. The van der Waals surface area contributed by atoms with Gasteiger partial charge < -0.3 is 54.9 Å². The fourth-order valence-electron chi connectivity index (χ4n) is 9.93. The smallest absolute Gasteiger partial charge is 0.338 e. The predicted molar refractivity (Wildman–Crippen MR) is 200 cm³/mol. The van der Waals surface area contributed by atoms with E-state index in [4.69, 9.17) is 18.9 Å². The van der Waals surface area contributed by atoms with Crippen molar-refractivity contribution in [3.05, 3.63) is 82.9 Å². The average molecular weight is 796 g/mol. The summed E-state index contributed by atoms with van der Waals surface area (Å²) in [6, 6.07) is 14.6. The summed E-state index contributed by atoms with van der Waals surface area (Å²) in [7, 11) is 0. The predicted octanol–water partition coefficient (Wildman–Crippen LogP) is 1.21. The molecule has 310 valence electrons. The molecule has 2 aromatic rings. The minimum absolute atomic E-state index is 0.00117. The molecule has 6 rings (SSSR count). The number of rotatable bonds is 9. The highest BCUT2D eigenvalue weighted by Crippen LogP contribution is 2.65. The molecule has 2 saturated carbocycles. The van der Waals surface area contributed by atoms with Crippen LogP contribution < -0.4 is 5.32 Å². The Morgan fingerprint density at radius 3 is 1.98 bits per heavy atom. The average Bonchev–Trinajstić information content (AvgIpc) is 3.17. The standard InChI is InChI=1S/C42H53NO14/c1-20(2)28(43-36(50)23-14-10-8-11-15-23)30(47)38(52)55-31-21(3)27-29(46)33(48)40(7)25(45)18-26-41(19-54-26,57-22(4)44)32(40)35(42(53,34(31)49)39(27,5)6)56-37(51)24-16-12-9-13-17-24/h8-17,20,25-26,28-35,45-49,53H,18-19H2,1-7H3,(H,43,50)/t25-,26+,28-,29+,30+,31+,32?,33+,34-,35-,40+,41-,42+/m0/s1. The van der Waals surface area contributed by atoms with Gasteiger partial charge in [0.15, 0.2) is 17.8 Å². The van der Waals surface area contributed by atoms with Crippen molar-refractivity contribution >= 4 is 23.8 Å². The molecule has 7 N–H and O–H groups in total. The van der Waals surface area contributed by atoms with E-state index in [1.807, 2.05) is 0 Å². The molecule has 3 fully saturated rings. The first-order chi connectivity index (χ1) is 26.7. The minimum Gasteiger partial charge on any atom is -0.455 e. The van der Waals surface area contributed by atoms with E-state index in [2.05, 4.69) is 5.32 Å². The Kier molecular flexibility index (Phi) is 11.3. The number of carbonyl (C=O) groups is 4. The normalized spacial score (nSPS) is 36.5. The molecule has 0 spiro atoms. The molecular formula is C42H53NO14. The van der Waals surface area contributed by atoms with Gasteiger partial charge in [-0.05, 0) is 48.3 Å². The molecule has 2 bridgehead atoms. The van der Waals surface area contributed by atoms with Crippen LogP contribution in [0.1, 0.15) is 75.6 Å². The Bertz CT molecular complexity index is 1900. The summed E-state index contributed by atoms with van der Waals surface area (Å²) in [6.07, 6.45) is -14.6. The van der Waals surface area contributed by atoms with Gasteiger partial charge in [-0.2, -0.15) is 0 Å². The molecule has 0 aromatic heterocycles. The third-order valence-corrected chi connectivity index (χ3v) is 13.1. The Hall–Kier alpha value is -4.22. The fourth-order valence-corrected chi connectivity index (χ4v) is 9.93. The SMILES string of the molecule is CC(=O)O[C@@]12CO[C@@H]1C[C@H](O)[C@]1(C)C2[C@H](OC(=O)c2ccccc2)[C@]2(O)[C@@H](O)[C@H](OC(=O)[C@H](O)[C@@H](NC(=O)c3ccccc3)C(C)C)C(C)=C([C@@H](O)[C@H]1O)C2(C)C. The Balaban J connectivity index is 1.50. The Morgan fingerprint density at radius 2 is 1.46 bits per heavy atom. The van der Waals surface area contributed by atoms with Crippen molar-refractivity contribution in [2.24, 2.45) is 22.7 Å². The van der Waals surface area contributed by atoms with Gasteiger partial charge in [0.2, 0.25) is 0 Å². The number of aliphatic hydroxyl groups is 6. The van der Waals surface area contributed by atoms with Crippen LogP contribution in [0.2, 0.25) is 0 Å². The van der Waals surface area contributed by atoms with E-state index in [0.717, 1.165) is 6.92 Å². The van der Waals surface area contributed by atoms with E-state index in [9.17, 15) is 49.8 Å². The number of fused-ring (bicyclic) bond motifs is 5. The first-order valence-electron chi connectivity index (χ1n) is 19.1. The Morgan fingerprint density at radius 1 is 0.877 bits per heavy atom. The lowest BCUT2D eigenvalue weighted by Crippen LogP contribution is -2.84. The van der Waals surface area contributed by atoms with Gasteiger partial charge in [0, 0.05) is 29.7 Å². The highest BCUT2D eigenvalue weighted by Gasteiger charge is 2.79. The molecule has 1 amide bonds. The zero-order valence-corrected chi connectivity index (χ0v) is 33.0. The zero-order chi connectivity index (χ0) is 42.0. The van der Waals surface area contributed by atoms with Gasteiger partial charge in [-0.1, -0.05) is 71.0 Å². The molecule has 1 heterocycles. The molecular weight excluding hydrogens is 742 g/mol. The minimum atomic E-state index is -2.77. The number of esters is 3. The summed E-state index contributed by atoms with van der Waals surface area (Å²) >= 11 is 0. The topological polar surface area (TPSA) is 239 Å². The third-order valence-electron chi connectivity index (χ3n) is 13.1. The van der Waals surface area contributed by atoms with Crippen LogP contribution in [0.5, 0.6) is 0 Å². The van der Waals surface area contributed by atoms with E-state index in [-0.39, 0.29) is 35.3 Å². The van der Waals surface area contributed by atoms with Crippen molar-refractivity contribution < 1.29 is 68.8 Å². The van der Waals surface area contributed by atoms with Crippen LogP contribution in [0.3, 0.4) is 0 Å². The number of ether oxygens (including phenoxy) is 4. The molecule has 4 aliphatic rings. The Labute approximate surface area is 330 Å². The number of hydrogen-bond donors (Lipinski definition) is 7. The molecule has 15 nitrogen and oxygen atoms in total. The quantitative estimate of drug-likeness (QED) is 0.107. The van der Waals surface area contributed by atoms with Crippen LogP contribution in [0, 0.1) is 22.7 Å².